The van der Waals surface area contributed by atoms with Gasteiger partial charge >= 0.3 is 6.09 Å². The predicted molar refractivity (Wildman–Crippen MR) is 91.3 cm³/mol. The van der Waals surface area contributed by atoms with E-state index in [1.807, 2.05) is 60.7 Å². The van der Waals surface area contributed by atoms with E-state index in [4.69, 9.17) is 4.74 Å². The fraction of sp³-hybridized carbons (Fsp3) is 0.300. The van der Waals surface area contributed by atoms with E-state index in [0.29, 0.717) is 19.4 Å². The van der Waals surface area contributed by atoms with Gasteiger partial charge in [-0.1, -0.05) is 60.7 Å². The lowest BCUT2D eigenvalue weighted by Gasteiger charge is -2.37. The number of amides is 1. The molecule has 4 nitrogen and oxygen atoms in total. The Labute approximate surface area is 142 Å². The molecule has 1 heterocycles. The number of aldehydes is 1. The molecule has 3 rings (SSSR count). The average Bonchev–Trinajstić information content (AvgIpc) is 2.67. The summed E-state index contributed by atoms with van der Waals surface area (Å²) in [5.41, 5.74) is 2.01. The molecule has 2 atom stereocenters. The highest BCUT2D eigenvalue weighted by molar-refractivity contribution is 5.69. The zero-order chi connectivity index (χ0) is 16.8. The first-order valence-corrected chi connectivity index (χ1v) is 8.25. The zero-order valence-electron chi connectivity index (χ0n) is 13.5. The van der Waals surface area contributed by atoms with E-state index in [1.165, 1.54) is 0 Å². The molecule has 0 N–H and O–H groups in total. The molecule has 0 radical (unpaired) electrons. The Kier molecular flexibility index (Phi) is 5.26. The summed E-state index contributed by atoms with van der Waals surface area (Å²) >= 11 is 0. The average molecular weight is 323 g/mol. The van der Waals surface area contributed by atoms with E-state index in [0.717, 1.165) is 17.4 Å². The van der Waals surface area contributed by atoms with Crippen LogP contribution in [0.1, 0.15) is 30.0 Å². The number of hydrogen-bond donors (Lipinski definition) is 0. The van der Waals surface area contributed by atoms with Gasteiger partial charge in [0, 0.05) is 12.5 Å². The monoisotopic (exact) mass is 323 g/mol. The molecular weight excluding hydrogens is 302 g/mol. The highest BCUT2D eigenvalue weighted by Gasteiger charge is 2.33. The molecule has 0 aromatic heterocycles. The second-order valence-corrected chi connectivity index (χ2v) is 6.08. The Hall–Kier alpha value is -2.62. The summed E-state index contributed by atoms with van der Waals surface area (Å²) in [7, 11) is 0. The summed E-state index contributed by atoms with van der Waals surface area (Å²) in [6.45, 7) is 0.797. The number of hydrogen-bond acceptors (Lipinski definition) is 3. The van der Waals surface area contributed by atoms with Gasteiger partial charge in [0.2, 0.25) is 0 Å². The molecule has 4 heteroatoms. The van der Waals surface area contributed by atoms with Crippen LogP contribution in [-0.2, 0) is 16.1 Å². The predicted octanol–water partition coefficient (Wildman–Crippen LogP) is 3.98. The van der Waals surface area contributed by atoms with Crippen molar-refractivity contribution in [3.63, 3.8) is 0 Å². The van der Waals surface area contributed by atoms with Crippen LogP contribution in [-0.4, -0.2) is 23.8 Å². The van der Waals surface area contributed by atoms with Gasteiger partial charge in [-0.25, -0.2) is 4.79 Å². The molecule has 1 fully saturated rings. The van der Waals surface area contributed by atoms with Gasteiger partial charge in [0.15, 0.2) is 0 Å². The Morgan fingerprint density at radius 2 is 1.75 bits per heavy atom. The maximum atomic E-state index is 12.6. The standard InChI is InChI=1S/C20H21NO3/c22-14-17-11-12-21(19(13-17)18-9-5-2-6-10-18)20(23)24-15-16-7-3-1-4-8-16/h1-10,14,17,19H,11-13,15H2/t17-,19+/m0/s1. The Morgan fingerprint density at radius 3 is 2.42 bits per heavy atom. The van der Waals surface area contributed by atoms with Gasteiger partial charge in [0.1, 0.15) is 12.9 Å². The van der Waals surface area contributed by atoms with E-state index >= 15 is 0 Å². The molecule has 1 aliphatic rings. The lowest BCUT2D eigenvalue weighted by Crippen LogP contribution is -2.41. The molecule has 2 aromatic rings. The number of nitrogens with zero attached hydrogens (tertiary/aromatic N) is 1. The highest BCUT2D eigenvalue weighted by atomic mass is 16.6. The summed E-state index contributed by atoms with van der Waals surface area (Å²) in [5.74, 6) is -0.00613. The smallest absolute Gasteiger partial charge is 0.410 e. The maximum absolute atomic E-state index is 12.6. The van der Waals surface area contributed by atoms with Crippen molar-refractivity contribution in [1.82, 2.24) is 4.90 Å². The van der Waals surface area contributed by atoms with Gasteiger partial charge in [0.05, 0.1) is 6.04 Å². The van der Waals surface area contributed by atoms with Gasteiger partial charge in [0.25, 0.3) is 0 Å². The van der Waals surface area contributed by atoms with E-state index in [2.05, 4.69) is 0 Å². The second kappa shape index (κ2) is 7.77. The molecular formula is C20H21NO3. The number of benzene rings is 2. The highest BCUT2D eigenvalue weighted by Crippen LogP contribution is 2.33. The molecule has 2 aromatic carbocycles. The molecule has 1 saturated heterocycles. The summed E-state index contributed by atoms with van der Waals surface area (Å²) in [5, 5.41) is 0. The summed E-state index contributed by atoms with van der Waals surface area (Å²) < 4.78 is 5.49. The molecule has 0 saturated carbocycles. The number of piperidine rings is 1. The third kappa shape index (κ3) is 3.82. The van der Waals surface area contributed by atoms with Crippen LogP contribution in [0.4, 0.5) is 4.79 Å². The van der Waals surface area contributed by atoms with Gasteiger partial charge in [-0.15, -0.1) is 0 Å². The van der Waals surface area contributed by atoms with Crippen molar-refractivity contribution >= 4 is 12.4 Å². The molecule has 0 aliphatic carbocycles. The van der Waals surface area contributed by atoms with Gasteiger partial charge in [-0.05, 0) is 24.0 Å². The zero-order valence-corrected chi connectivity index (χ0v) is 13.5. The minimum absolute atomic E-state index is 0.00613. The summed E-state index contributed by atoms with van der Waals surface area (Å²) in [4.78, 5) is 25.5. The largest absolute Gasteiger partial charge is 0.445 e. The van der Waals surface area contributed by atoms with Crippen LogP contribution in [0.2, 0.25) is 0 Å². The molecule has 0 spiro atoms. The minimum atomic E-state index is -0.322. The van der Waals surface area contributed by atoms with Crippen molar-refractivity contribution in [3.05, 3.63) is 71.8 Å². The molecule has 24 heavy (non-hydrogen) atoms. The molecule has 124 valence electrons. The Morgan fingerprint density at radius 1 is 1.08 bits per heavy atom. The molecule has 1 aliphatic heterocycles. The minimum Gasteiger partial charge on any atom is -0.445 e. The normalized spacial score (nSPS) is 20.4. The Bertz CT molecular complexity index is 672. The first-order chi connectivity index (χ1) is 11.8. The van der Waals surface area contributed by atoms with Crippen molar-refractivity contribution in [3.8, 4) is 0 Å². The van der Waals surface area contributed by atoms with E-state index < -0.39 is 0 Å². The number of carbonyl (C=O) groups is 2. The SMILES string of the molecule is O=C[C@H]1CCN(C(=O)OCc2ccccc2)[C@@H](c2ccccc2)C1. The van der Waals surface area contributed by atoms with Crippen molar-refractivity contribution in [2.45, 2.75) is 25.5 Å². The topological polar surface area (TPSA) is 46.6 Å². The third-order valence-corrected chi connectivity index (χ3v) is 4.46. The fourth-order valence-electron chi connectivity index (χ4n) is 3.13. The van der Waals surface area contributed by atoms with Crippen molar-refractivity contribution in [1.29, 1.82) is 0 Å². The van der Waals surface area contributed by atoms with Crippen LogP contribution in [0, 0.1) is 5.92 Å². The molecule has 0 unspecified atom stereocenters. The second-order valence-electron chi connectivity index (χ2n) is 6.08. The van der Waals surface area contributed by atoms with E-state index in [1.54, 1.807) is 4.90 Å². The number of ether oxygens (including phenoxy) is 1. The number of likely N-dealkylation sites (tertiary alicyclic amines) is 1. The quantitative estimate of drug-likeness (QED) is 0.800. The fourth-order valence-corrected chi connectivity index (χ4v) is 3.13. The summed E-state index contributed by atoms with van der Waals surface area (Å²) in [6, 6.07) is 19.4. The first kappa shape index (κ1) is 16.2. The van der Waals surface area contributed by atoms with Crippen LogP contribution in [0.3, 0.4) is 0 Å². The lowest BCUT2D eigenvalue weighted by atomic mass is 9.88. The number of carbonyl (C=O) groups excluding carboxylic acids is 2. The van der Waals surface area contributed by atoms with Crippen molar-refractivity contribution in [2.24, 2.45) is 5.92 Å². The lowest BCUT2D eigenvalue weighted by molar-refractivity contribution is -0.113. The van der Waals surface area contributed by atoms with Crippen LogP contribution >= 0.6 is 0 Å². The van der Waals surface area contributed by atoms with E-state index in [9.17, 15) is 9.59 Å². The van der Waals surface area contributed by atoms with E-state index in [-0.39, 0.29) is 24.7 Å². The molecule has 0 bridgehead atoms. The van der Waals surface area contributed by atoms with Gasteiger partial charge in [-0.2, -0.15) is 0 Å². The molecule has 1 amide bonds. The van der Waals surface area contributed by atoms with Gasteiger partial charge < -0.3 is 14.4 Å². The van der Waals surface area contributed by atoms with Crippen LogP contribution in [0.25, 0.3) is 0 Å². The van der Waals surface area contributed by atoms with Crippen LogP contribution in [0.5, 0.6) is 0 Å². The number of rotatable bonds is 4. The Balaban J connectivity index is 1.71. The van der Waals surface area contributed by atoms with Crippen LogP contribution < -0.4 is 0 Å². The van der Waals surface area contributed by atoms with Gasteiger partial charge in [-0.3, -0.25) is 0 Å². The van der Waals surface area contributed by atoms with Crippen molar-refractivity contribution in [2.75, 3.05) is 6.54 Å². The maximum Gasteiger partial charge on any atom is 0.410 e. The first-order valence-electron chi connectivity index (χ1n) is 8.25. The third-order valence-electron chi connectivity index (χ3n) is 4.46. The van der Waals surface area contributed by atoms with Crippen molar-refractivity contribution < 1.29 is 14.3 Å². The van der Waals surface area contributed by atoms with Crippen LogP contribution in [0.15, 0.2) is 60.7 Å². The summed E-state index contributed by atoms with van der Waals surface area (Å²) in [6.07, 6.45) is 2.01.